The van der Waals surface area contributed by atoms with Crippen molar-refractivity contribution in [2.75, 3.05) is 11.9 Å². The van der Waals surface area contributed by atoms with Crippen LogP contribution in [0.4, 0.5) is 5.69 Å². The normalized spacial score (nSPS) is 21.0. The predicted octanol–water partition coefficient (Wildman–Crippen LogP) is 3.85. The first kappa shape index (κ1) is 15.8. The van der Waals surface area contributed by atoms with Crippen LogP contribution in [0.3, 0.4) is 0 Å². The highest BCUT2D eigenvalue weighted by Gasteiger charge is 2.22. The molecule has 1 aliphatic rings. The summed E-state index contributed by atoms with van der Waals surface area (Å²) in [5.41, 5.74) is 2.25. The third kappa shape index (κ3) is 3.80. The van der Waals surface area contributed by atoms with Crippen molar-refractivity contribution in [1.82, 2.24) is 4.98 Å². The van der Waals surface area contributed by atoms with Crippen molar-refractivity contribution in [2.24, 2.45) is 5.92 Å². The van der Waals surface area contributed by atoms with Gasteiger partial charge in [-0.25, -0.2) is 4.98 Å². The van der Waals surface area contributed by atoms with E-state index in [2.05, 4.69) is 16.4 Å². The smallest absolute Gasteiger partial charge is 0.143 e. The summed E-state index contributed by atoms with van der Waals surface area (Å²) in [7, 11) is 0. The van der Waals surface area contributed by atoms with E-state index in [0.29, 0.717) is 11.6 Å². The first-order chi connectivity index (χ1) is 11.3. The van der Waals surface area contributed by atoms with Crippen molar-refractivity contribution in [3.8, 4) is 6.07 Å². The summed E-state index contributed by atoms with van der Waals surface area (Å²) in [4.78, 5) is 4.33. The maximum absolute atomic E-state index is 10.0. The van der Waals surface area contributed by atoms with Gasteiger partial charge in [-0.1, -0.05) is 31.0 Å². The van der Waals surface area contributed by atoms with E-state index in [1.165, 1.54) is 6.42 Å². The molecule has 1 fully saturated rings. The SMILES string of the molecule is N#Cc1cc(NCCCC2CCCCC2O)c2ccccc2n1. The lowest BCUT2D eigenvalue weighted by molar-refractivity contribution is 0.0648. The third-order valence-corrected chi connectivity index (χ3v) is 4.77. The van der Waals surface area contributed by atoms with Gasteiger partial charge in [-0.2, -0.15) is 5.26 Å². The van der Waals surface area contributed by atoms with Gasteiger partial charge in [0.05, 0.1) is 11.6 Å². The van der Waals surface area contributed by atoms with E-state index in [1.807, 2.05) is 30.3 Å². The number of nitrogens with one attached hydrogen (secondary N) is 1. The summed E-state index contributed by atoms with van der Waals surface area (Å²) in [6.45, 7) is 0.849. The number of anilines is 1. The summed E-state index contributed by atoms with van der Waals surface area (Å²) in [6.07, 6.45) is 6.49. The quantitative estimate of drug-likeness (QED) is 0.823. The summed E-state index contributed by atoms with van der Waals surface area (Å²) in [5, 5.41) is 23.6. The molecule has 2 atom stereocenters. The number of benzene rings is 1. The van der Waals surface area contributed by atoms with E-state index in [0.717, 1.165) is 55.2 Å². The Labute approximate surface area is 137 Å². The second kappa shape index (κ2) is 7.43. The van der Waals surface area contributed by atoms with E-state index in [9.17, 15) is 5.11 Å². The zero-order valence-corrected chi connectivity index (χ0v) is 13.3. The van der Waals surface area contributed by atoms with Crippen molar-refractivity contribution in [3.05, 3.63) is 36.0 Å². The number of rotatable bonds is 5. The third-order valence-electron chi connectivity index (χ3n) is 4.77. The van der Waals surface area contributed by atoms with Crippen LogP contribution in [0.2, 0.25) is 0 Å². The van der Waals surface area contributed by atoms with Gasteiger partial charge < -0.3 is 10.4 Å². The first-order valence-corrected chi connectivity index (χ1v) is 8.50. The lowest BCUT2D eigenvalue weighted by atomic mass is 9.83. The van der Waals surface area contributed by atoms with Gasteiger partial charge in [-0.3, -0.25) is 0 Å². The Kier molecular flexibility index (Phi) is 5.09. The number of aromatic nitrogens is 1. The number of fused-ring (bicyclic) bond motifs is 1. The molecule has 1 heterocycles. The minimum absolute atomic E-state index is 0.115. The topological polar surface area (TPSA) is 68.9 Å². The number of pyridine rings is 1. The molecule has 3 rings (SSSR count). The van der Waals surface area contributed by atoms with Crippen molar-refractivity contribution < 1.29 is 5.11 Å². The van der Waals surface area contributed by atoms with Gasteiger partial charge in [0.1, 0.15) is 11.8 Å². The van der Waals surface area contributed by atoms with Crippen LogP contribution >= 0.6 is 0 Å². The molecule has 2 unspecified atom stereocenters. The Bertz CT molecular complexity index is 707. The zero-order valence-electron chi connectivity index (χ0n) is 13.3. The van der Waals surface area contributed by atoms with Gasteiger partial charge >= 0.3 is 0 Å². The second-order valence-electron chi connectivity index (χ2n) is 6.36. The standard InChI is InChI=1S/C19H23N3O/c20-13-15-12-18(16-8-2-3-9-17(16)22-15)21-11-5-7-14-6-1-4-10-19(14)23/h2-3,8-9,12,14,19,23H,1,4-7,10-11H2,(H,21,22). The van der Waals surface area contributed by atoms with Crippen molar-refractivity contribution >= 4 is 16.6 Å². The van der Waals surface area contributed by atoms with Gasteiger partial charge in [-0.05, 0) is 43.7 Å². The number of hydrogen-bond donors (Lipinski definition) is 2. The molecular weight excluding hydrogens is 286 g/mol. The van der Waals surface area contributed by atoms with Crippen LogP contribution in [0.25, 0.3) is 10.9 Å². The molecule has 0 spiro atoms. The number of nitrogens with zero attached hydrogens (tertiary/aromatic N) is 2. The predicted molar refractivity (Wildman–Crippen MR) is 92.1 cm³/mol. The molecule has 1 aliphatic carbocycles. The monoisotopic (exact) mass is 309 g/mol. The fraction of sp³-hybridized carbons (Fsp3) is 0.474. The maximum Gasteiger partial charge on any atom is 0.143 e. The lowest BCUT2D eigenvalue weighted by Gasteiger charge is -2.27. The fourth-order valence-electron chi connectivity index (χ4n) is 3.49. The number of nitriles is 1. The molecule has 120 valence electrons. The van der Waals surface area contributed by atoms with E-state index < -0.39 is 0 Å². The first-order valence-electron chi connectivity index (χ1n) is 8.50. The molecule has 4 heteroatoms. The molecule has 1 aromatic heterocycles. The Morgan fingerprint density at radius 2 is 2.09 bits per heavy atom. The minimum Gasteiger partial charge on any atom is -0.393 e. The maximum atomic E-state index is 10.0. The average molecular weight is 309 g/mol. The molecule has 0 aliphatic heterocycles. The molecule has 2 aromatic rings. The Balaban J connectivity index is 1.62. The molecular formula is C19H23N3O. The highest BCUT2D eigenvalue weighted by Crippen LogP contribution is 2.28. The summed E-state index contributed by atoms with van der Waals surface area (Å²) >= 11 is 0. The van der Waals surface area contributed by atoms with E-state index in [-0.39, 0.29) is 6.10 Å². The van der Waals surface area contributed by atoms with Gasteiger partial charge in [0.25, 0.3) is 0 Å². The van der Waals surface area contributed by atoms with E-state index >= 15 is 0 Å². The summed E-state index contributed by atoms with van der Waals surface area (Å²) in [6, 6.07) is 11.8. The van der Waals surface area contributed by atoms with Gasteiger partial charge in [0.2, 0.25) is 0 Å². The number of aliphatic hydroxyl groups excluding tert-OH is 1. The van der Waals surface area contributed by atoms with Crippen molar-refractivity contribution in [3.63, 3.8) is 0 Å². The van der Waals surface area contributed by atoms with E-state index in [4.69, 9.17) is 5.26 Å². The molecule has 0 radical (unpaired) electrons. The highest BCUT2D eigenvalue weighted by molar-refractivity contribution is 5.91. The van der Waals surface area contributed by atoms with Crippen LogP contribution in [0.1, 0.15) is 44.2 Å². The Morgan fingerprint density at radius 3 is 2.91 bits per heavy atom. The number of aliphatic hydroxyl groups is 1. The van der Waals surface area contributed by atoms with Gasteiger partial charge in [-0.15, -0.1) is 0 Å². The Morgan fingerprint density at radius 1 is 1.26 bits per heavy atom. The van der Waals surface area contributed by atoms with E-state index in [1.54, 1.807) is 0 Å². The van der Waals surface area contributed by atoms with Gasteiger partial charge in [0, 0.05) is 17.6 Å². The molecule has 0 bridgehead atoms. The lowest BCUT2D eigenvalue weighted by Crippen LogP contribution is -2.24. The average Bonchev–Trinajstić information content (AvgIpc) is 2.59. The molecule has 1 aromatic carbocycles. The molecule has 23 heavy (non-hydrogen) atoms. The van der Waals surface area contributed by atoms with Gasteiger partial charge in [0.15, 0.2) is 0 Å². The summed E-state index contributed by atoms with van der Waals surface area (Å²) in [5.74, 6) is 0.453. The summed E-state index contributed by atoms with van der Waals surface area (Å²) < 4.78 is 0. The van der Waals surface area contributed by atoms with Crippen LogP contribution in [0.15, 0.2) is 30.3 Å². The van der Waals surface area contributed by atoms with Crippen LogP contribution in [0, 0.1) is 17.2 Å². The number of hydrogen-bond acceptors (Lipinski definition) is 4. The molecule has 1 saturated carbocycles. The minimum atomic E-state index is -0.115. The fourth-order valence-corrected chi connectivity index (χ4v) is 3.49. The number of para-hydroxylation sites is 1. The largest absolute Gasteiger partial charge is 0.393 e. The molecule has 0 saturated heterocycles. The highest BCUT2D eigenvalue weighted by atomic mass is 16.3. The zero-order chi connectivity index (χ0) is 16.1. The molecule has 0 amide bonds. The molecule has 4 nitrogen and oxygen atoms in total. The molecule has 2 N–H and O–H groups in total. The second-order valence-corrected chi connectivity index (χ2v) is 6.36. The van der Waals surface area contributed by atoms with Crippen LogP contribution in [-0.2, 0) is 0 Å². The van der Waals surface area contributed by atoms with Crippen LogP contribution < -0.4 is 5.32 Å². The van der Waals surface area contributed by atoms with Crippen LogP contribution in [-0.4, -0.2) is 22.7 Å². The van der Waals surface area contributed by atoms with Crippen molar-refractivity contribution in [1.29, 1.82) is 5.26 Å². The van der Waals surface area contributed by atoms with Crippen LogP contribution in [0.5, 0.6) is 0 Å². The Hall–Kier alpha value is -2.12. The van der Waals surface area contributed by atoms with Crippen molar-refractivity contribution in [2.45, 2.75) is 44.6 Å².